The van der Waals surface area contributed by atoms with Crippen molar-refractivity contribution >= 4 is 22.8 Å². The fourth-order valence-electron chi connectivity index (χ4n) is 2.11. The molecule has 2 amide bonds. The predicted molar refractivity (Wildman–Crippen MR) is 84.1 cm³/mol. The zero-order valence-electron chi connectivity index (χ0n) is 12.2. The molecule has 0 aliphatic heterocycles. The Bertz CT molecular complexity index is 826. The van der Waals surface area contributed by atoms with Crippen molar-refractivity contribution in [2.45, 2.75) is 0 Å². The van der Waals surface area contributed by atoms with Gasteiger partial charge in [0.1, 0.15) is 11.3 Å². The third-order valence-corrected chi connectivity index (χ3v) is 3.23. The molecule has 1 aromatic heterocycles. The van der Waals surface area contributed by atoms with Crippen molar-refractivity contribution in [3.63, 3.8) is 0 Å². The number of carbonyl (C=O) groups is 1. The number of nitrogens with zero attached hydrogens (tertiary/aromatic N) is 1. The second-order valence-corrected chi connectivity index (χ2v) is 4.60. The van der Waals surface area contributed by atoms with E-state index >= 15 is 0 Å². The summed E-state index contributed by atoms with van der Waals surface area (Å²) < 4.78 is 11.0. The summed E-state index contributed by atoms with van der Waals surface area (Å²) in [5.41, 5.74) is 2.69. The summed E-state index contributed by atoms with van der Waals surface area (Å²) in [6.45, 7) is 0. The number of amides is 2. The fourth-order valence-corrected chi connectivity index (χ4v) is 2.11. The molecule has 22 heavy (non-hydrogen) atoms. The molecular weight excluding hydrogens is 282 g/mol. The maximum absolute atomic E-state index is 11.5. The van der Waals surface area contributed by atoms with E-state index in [1.54, 1.807) is 32.4 Å². The van der Waals surface area contributed by atoms with E-state index in [0.29, 0.717) is 34.0 Å². The Kier molecular flexibility index (Phi) is 3.65. The summed E-state index contributed by atoms with van der Waals surface area (Å²) in [5, 5.41) is 5.27. The Morgan fingerprint density at radius 2 is 2.05 bits per heavy atom. The second kappa shape index (κ2) is 5.77. The quantitative estimate of drug-likeness (QED) is 0.778. The van der Waals surface area contributed by atoms with Crippen molar-refractivity contribution < 1.29 is 13.9 Å². The van der Waals surface area contributed by atoms with E-state index < -0.39 is 0 Å². The van der Waals surface area contributed by atoms with Crippen LogP contribution in [-0.4, -0.2) is 25.2 Å². The van der Waals surface area contributed by atoms with Gasteiger partial charge in [0.15, 0.2) is 5.58 Å². The zero-order chi connectivity index (χ0) is 15.5. The number of urea groups is 1. The van der Waals surface area contributed by atoms with Crippen LogP contribution in [0.3, 0.4) is 0 Å². The van der Waals surface area contributed by atoms with Crippen LogP contribution in [-0.2, 0) is 0 Å². The first-order chi connectivity index (χ1) is 10.7. The summed E-state index contributed by atoms with van der Waals surface area (Å²) >= 11 is 0. The fraction of sp³-hybridized carbons (Fsp3) is 0.125. The number of ether oxygens (including phenoxy) is 1. The highest BCUT2D eigenvalue weighted by molar-refractivity contribution is 5.93. The molecule has 0 unspecified atom stereocenters. The average Bonchev–Trinajstić information content (AvgIpc) is 2.97. The van der Waals surface area contributed by atoms with Crippen molar-refractivity contribution in [1.82, 2.24) is 10.3 Å². The van der Waals surface area contributed by atoms with E-state index in [4.69, 9.17) is 9.15 Å². The first kappa shape index (κ1) is 13.9. The number of oxazole rings is 1. The zero-order valence-corrected chi connectivity index (χ0v) is 12.2. The molecule has 0 atom stereocenters. The summed E-state index contributed by atoms with van der Waals surface area (Å²) in [7, 11) is 3.16. The molecule has 112 valence electrons. The normalized spacial score (nSPS) is 10.5. The number of methoxy groups -OCH3 is 1. The van der Waals surface area contributed by atoms with Crippen LogP contribution in [0.4, 0.5) is 10.5 Å². The van der Waals surface area contributed by atoms with Gasteiger partial charge in [0.25, 0.3) is 0 Å². The monoisotopic (exact) mass is 297 g/mol. The van der Waals surface area contributed by atoms with E-state index in [1.807, 2.05) is 24.3 Å². The second-order valence-electron chi connectivity index (χ2n) is 4.60. The number of hydrogen-bond acceptors (Lipinski definition) is 4. The smallest absolute Gasteiger partial charge is 0.318 e. The average molecular weight is 297 g/mol. The van der Waals surface area contributed by atoms with Crippen LogP contribution in [0.25, 0.3) is 22.6 Å². The van der Waals surface area contributed by atoms with Crippen molar-refractivity contribution in [2.75, 3.05) is 19.5 Å². The van der Waals surface area contributed by atoms with Gasteiger partial charge in [-0.3, -0.25) is 0 Å². The Morgan fingerprint density at radius 1 is 1.23 bits per heavy atom. The molecule has 0 saturated carbocycles. The third-order valence-electron chi connectivity index (χ3n) is 3.23. The van der Waals surface area contributed by atoms with Crippen LogP contribution >= 0.6 is 0 Å². The number of para-hydroxylation sites is 1. The Labute approximate surface area is 127 Å². The van der Waals surface area contributed by atoms with E-state index in [0.717, 1.165) is 0 Å². The van der Waals surface area contributed by atoms with Gasteiger partial charge in [-0.15, -0.1) is 0 Å². The number of rotatable bonds is 3. The lowest BCUT2D eigenvalue weighted by molar-refractivity contribution is 0.254. The van der Waals surface area contributed by atoms with Crippen molar-refractivity contribution in [3.8, 4) is 17.2 Å². The Hall–Kier alpha value is -3.02. The lowest BCUT2D eigenvalue weighted by Crippen LogP contribution is -2.24. The highest BCUT2D eigenvalue weighted by Gasteiger charge is 2.13. The third kappa shape index (κ3) is 2.58. The van der Waals surface area contributed by atoms with Crippen LogP contribution in [0.15, 0.2) is 46.9 Å². The molecule has 3 rings (SSSR count). The summed E-state index contributed by atoms with van der Waals surface area (Å²) in [5.74, 6) is 1.15. The van der Waals surface area contributed by atoms with Gasteiger partial charge in [-0.25, -0.2) is 9.78 Å². The minimum Gasteiger partial charge on any atom is -0.497 e. The molecule has 0 fully saturated rings. The number of fused-ring (bicyclic) bond motifs is 1. The number of hydrogen-bond donors (Lipinski definition) is 2. The van der Waals surface area contributed by atoms with E-state index in [9.17, 15) is 4.79 Å². The van der Waals surface area contributed by atoms with Gasteiger partial charge in [-0.1, -0.05) is 12.1 Å². The summed E-state index contributed by atoms with van der Waals surface area (Å²) in [6.07, 6.45) is 0. The molecule has 0 aliphatic rings. The molecule has 6 nitrogen and oxygen atoms in total. The standard InChI is InChI=1S/C16H15N3O3/c1-17-16(20)19-12-6-4-3-5-11(12)15-18-13-9-10(21-2)7-8-14(13)22-15/h3-9H,1-2H3,(H2,17,19,20). The lowest BCUT2D eigenvalue weighted by atomic mass is 10.2. The van der Waals surface area contributed by atoms with Crippen LogP contribution in [0.1, 0.15) is 0 Å². The first-order valence-corrected chi connectivity index (χ1v) is 6.74. The molecule has 2 N–H and O–H groups in total. The van der Waals surface area contributed by atoms with Gasteiger partial charge in [-0.05, 0) is 24.3 Å². The summed E-state index contributed by atoms with van der Waals surface area (Å²) in [4.78, 5) is 16.0. The van der Waals surface area contributed by atoms with E-state index in [1.165, 1.54) is 0 Å². The van der Waals surface area contributed by atoms with Crippen molar-refractivity contribution in [1.29, 1.82) is 0 Å². The van der Waals surface area contributed by atoms with E-state index in [-0.39, 0.29) is 6.03 Å². The molecular formula is C16H15N3O3. The van der Waals surface area contributed by atoms with Crippen LogP contribution in [0, 0.1) is 0 Å². The van der Waals surface area contributed by atoms with Gasteiger partial charge >= 0.3 is 6.03 Å². The summed E-state index contributed by atoms with van der Waals surface area (Å²) in [6, 6.07) is 12.4. The number of benzene rings is 2. The number of anilines is 1. The van der Waals surface area contributed by atoms with E-state index in [2.05, 4.69) is 15.6 Å². The van der Waals surface area contributed by atoms with Crippen molar-refractivity contribution in [2.24, 2.45) is 0 Å². The van der Waals surface area contributed by atoms with Gasteiger partial charge in [-0.2, -0.15) is 0 Å². The highest BCUT2D eigenvalue weighted by Crippen LogP contribution is 2.31. The minimum absolute atomic E-state index is 0.301. The van der Waals surface area contributed by atoms with Crippen LogP contribution < -0.4 is 15.4 Å². The molecule has 0 aliphatic carbocycles. The predicted octanol–water partition coefficient (Wildman–Crippen LogP) is 3.25. The molecule has 6 heteroatoms. The Morgan fingerprint density at radius 3 is 2.82 bits per heavy atom. The first-order valence-electron chi connectivity index (χ1n) is 6.74. The Balaban J connectivity index is 2.05. The minimum atomic E-state index is -0.301. The van der Waals surface area contributed by atoms with Crippen molar-refractivity contribution in [3.05, 3.63) is 42.5 Å². The molecule has 0 bridgehead atoms. The topological polar surface area (TPSA) is 76.4 Å². The van der Waals surface area contributed by atoms with Gasteiger partial charge < -0.3 is 19.8 Å². The van der Waals surface area contributed by atoms with Crippen LogP contribution in [0.2, 0.25) is 0 Å². The van der Waals surface area contributed by atoms with Gasteiger partial charge in [0, 0.05) is 13.1 Å². The van der Waals surface area contributed by atoms with Crippen LogP contribution in [0.5, 0.6) is 5.75 Å². The molecule has 3 aromatic rings. The highest BCUT2D eigenvalue weighted by atomic mass is 16.5. The molecule has 2 aromatic carbocycles. The van der Waals surface area contributed by atoms with Gasteiger partial charge in [0.2, 0.25) is 5.89 Å². The number of nitrogens with one attached hydrogen (secondary N) is 2. The maximum atomic E-state index is 11.5. The SMILES string of the molecule is CNC(=O)Nc1ccccc1-c1nc2cc(OC)ccc2o1. The molecule has 0 radical (unpaired) electrons. The number of aromatic nitrogens is 1. The van der Waals surface area contributed by atoms with Gasteiger partial charge in [0.05, 0.1) is 18.4 Å². The maximum Gasteiger partial charge on any atom is 0.318 e. The largest absolute Gasteiger partial charge is 0.497 e. The molecule has 0 spiro atoms. The number of carbonyl (C=O) groups excluding carboxylic acids is 1. The molecule has 0 saturated heterocycles. The molecule has 1 heterocycles. The lowest BCUT2D eigenvalue weighted by Gasteiger charge is -2.07.